The van der Waals surface area contributed by atoms with Crippen molar-refractivity contribution < 1.29 is 28.3 Å². The molecular formula is C8H13O6P. The zero-order chi connectivity index (χ0) is 11.2. The van der Waals surface area contributed by atoms with Crippen molar-refractivity contribution in [1.82, 2.24) is 0 Å². The van der Waals surface area contributed by atoms with Gasteiger partial charge in [-0.3, -0.25) is 9.05 Å². The molecule has 6 nitrogen and oxygen atoms in total. The maximum Gasteiger partial charge on any atom is 0.472 e. The SMILES string of the molecule is CC(C)=C1O[C@@H]2COP(=O)(O)OC2C1O. The number of hydrogen-bond donors (Lipinski definition) is 2. The van der Waals surface area contributed by atoms with Crippen LogP contribution in [0.4, 0.5) is 0 Å². The molecule has 0 saturated carbocycles. The van der Waals surface area contributed by atoms with Gasteiger partial charge in [0.25, 0.3) is 0 Å². The van der Waals surface area contributed by atoms with Crippen LogP contribution in [0.15, 0.2) is 11.3 Å². The van der Waals surface area contributed by atoms with Gasteiger partial charge < -0.3 is 14.7 Å². The summed E-state index contributed by atoms with van der Waals surface area (Å²) in [7, 11) is -4.01. The number of phosphoric ester groups is 1. The molecular weight excluding hydrogens is 223 g/mol. The van der Waals surface area contributed by atoms with E-state index in [1.807, 2.05) is 0 Å². The second kappa shape index (κ2) is 3.57. The molecule has 2 N–H and O–H groups in total. The number of rotatable bonds is 0. The summed E-state index contributed by atoms with van der Waals surface area (Å²) in [5.74, 6) is 0.399. The molecule has 7 heteroatoms. The summed E-state index contributed by atoms with van der Waals surface area (Å²) in [6, 6.07) is 0. The topological polar surface area (TPSA) is 85.2 Å². The van der Waals surface area contributed by atoms with E-state index in [4.69, 9.17) is 14.2 Å². The van der Waals surface area contributed by atoms with Crippen LogP contribution in [0.3, 0.4) is 0 Å². The smallest absolute Gasteiger partial charge is 0.472 e. The Morgan fingerprint density at radius 1 is 1.53 bits per heavy atom. The first-order chi connectivity index (χ1) is 6.91. The second-order valence-electron chi connectivity index (χ2n) is 3.80. The highest BCUT2D eigenvalue weighted by molar-refractivity contribution is 7.47. The summed E-state index contributed by atoms with van der Waals surface area (Å²) in [5, 5.41) is 9.79. The number of aliphatic hydroxyl groups is 1. The molecule has 15 heavy (non-hydrogen) atoms. The lowest BCUT2D eigenvalue weighted by molar-refractivity contribution is -0.0454. The normalized spacial score (nSPS) is 44.8. The predicted molar refractivity (Wildman–Crippen MR) is 49.9 cm³/mol. The Kier molecular flexibility index (Phi) is 2.65. The van der Waals surface area contributed by atoms with E-state index in [1.165, 1.54) is 0 Å². The summed E-state index contributed by atoms with van der Waals surface area (Å²) in [6.45, 7) is 3.52. The van der Waals surface area contributed by atoms with Gasteiger partial charge in [-0.1, -0.05) is 0 Å². The van der Waals surface area contributed by atoms with Gasteiger partial charge in [0.05, 0.1) is 6.61 Å². The fourth-order valence-corrected chi connectivity index (χ4v) is 2.63. The molecule has 3 unspecified atom stereocenters. The molecule has 2 aliphatic rings. The Morgan fingerprint density at radius 2 is 2.20 bits per heavy atom. The average molecular weight is 236 g/mol. The third-order valence-corrected chi connectivity index (χ3v) is 3.36. The maximum absolute atomic E-state index is 11.1. The minimum atomic E-state index is -4.01. The molecule has 0 aromatic carbocycles. The fourth-order valence-electron chi connectivity index (χ4n) is 1.67. The van der Waals surface area contributed by atoms with Crippen molar-refractivity contribution in [1.29, 1.82) is 0 Å². The first kappa shape index (κ1) is 11.1. The lowest BCUT2D eigenvalue weighted by Crippen LogP contribution is -2.38. The van der Waals surface area contributed by atoms with Crippen molar-refractivity contribution in [3.8, 4) is 0 Å². The molecule has 0 bridgehead atoms. The first-order valence-electron chi connectivity index (χ1n) is 4.58. The average Bonchev–Trinajstić information content (AvgIpc) is 2.42. The van der Waals surface area contributed by atoms with E-state index in [0.29, 0.717) is 5.76 Å². The number of phosphoric acid groups is 1. The van der Waals surface area contributed by atoms with Crippen LogP contribution in [0.25, 0.3) is 0 Å². The van der Waals surface area contributed by atoms with Crippen molar-refractivity contribution in [2.45, 2.75) is 32.2 Å². The van der Waals surface area contributed by atoms with Crippen molar-refractivity contribution in [2.24, 2.45) is 0 Å². The lowest BCUT2D eigenvalue weighted by atomic mass is 10.1. The Labute approximate surface area is 87.1 Å². The van der Waals surface area contributed by atoms with E-state index >= 15 is 0 Å². The second-order valence-corrected chi connectivity index (χ2v) is 5.21. The molecule has 2 saturated heterocycles. The van der Waals surface area contributed by atoms with Crippen LogP contribution in [0.2, 0.25) is 0 Å². The van der Waals surface area contributed by atoms with E-state index in [-0.39, 0.29) is 6.61 Å². The first-order valence-corrected chi connectivity index (χ1v) is 6.08. The minimum absolute atomic E-state index is 0.0493. The van der Waals surface area contributed by atoms with Crippen LogP contribution in [0, 0.1) is 0 Å². The minimum Gasteiger partial charge on any atom is -0.487 e. The predicted octanol–water partition coefficient (Wildman–Crippen LogP) is 0.556. The highest BCUT2D eigenvalue weighted by atomic mass is 31.2. The highest BCUT2D eigenvalue weighted by Crippen LogP contribution is 2.51. The molecule has 2 rings (SSSR count). The van der Waals surface area contributed by atoms with Crippen molar-refractivity contribution in [3.63, 3.8) is 0 Å². The quantitative estimate of drug-likeness (QED) is 0.597. The molecule has 2 aliphatic heterocycles. The molecule has 0 aromatic rings. The molecule has 86 valence electrons. The van der Waals surface area contributed by atoms with Gasteiger partial charge in [-0.15, -0.1) is 0 Å². The van der Waals surface area contributed by atoms with E-state index in [0.717, 1.165) is 5.57 Å². The summed E-state index contributed by atoms with van der Waals surface area (Å²) < 4.78 is 25.9. The van der Waals surface area contributed by atoms with Crippen molar-refractivity contribution in [3.05, 3.63) is 11.3 Å². The largest absolute Gasteiger partial charge is 0.487 e. The summed E-state index contributed by atoms with van der Waals surface area (Å²) in [4.78, 5) is 9.09. The lowest BCUT2D eigenvalue weighted by Gasteiger charge is -2.27. The van der Waals surface area contributed by atoms with E-state index in [1.54, 1.807) is 13.8 Å². The van der Waals surface area contributed by atoms with Crippen molar-refractivity contribution in [2.75, 3.05) is 6.61 Å². The summed E-state index contributed by atoms with van der Waals surface area (Å²) in [5.41, 5.74) is 0.813. The molecule has 2 heterocycles. The van der Waals surface area contributed by atoms with Gasteiger partial charge in [-0.25, -0.2) is 4.57 Å². The van der Waals surface area contributed by atoms with Crippen LogP contribution in [-0.2, 0) is 18.3 Å². The zero-order valence-corrected chi connectivity index (χ0v) is 9.31. The molecule has 0 aliphatic carbocycles. The molecule has 0 radical (unpaired) electrons. The van der Waals surface area contributed by atoms with Crippen molar-refractivity contribution >= 4 is 7.82 Å². The fraction of sp³-hybridized carbons (Fsp3) is 0.750. The standard InChI is InChI=1S/C8H13O6P/c1-4(2)7-6(9)8-5(13-7)3-12-15(10,11)14-8/h5-6,8-9H,3H2,1-2H3,(H,10,11)/t5-,6?,8?/m1/s1. The molecule has 0 spiro atoms. The Balaban J connectivity index is 2.23. The number of aliphatic hydroxyl groups excluding tert-OH is 1. The molecule has 0 amide bonds. The van der Waals surface area contributed by atoms with Gasteiger partial charge in [0.1, 0.15) is 18.0 Å². The Bertz CT molecular complexity index is 347. The Hall–Kier alpha value is -0.390. The zero-order valence-electron chi connectivity index (χ0n) is 8.41. The maximum atomic E-state index is 11.1. The third kappa shape index (κ3) is 1.96. The van der Waals surface area contributed by atoms with Gasteiger partial charge in [-0.2, -0.15) is 0 Å². The molecule has 2 fully saturated rings. The Morgan fingerprint density at radius 3 is 2.80 bits per heavy atom. The summed E-state index contributed by atoms with van der Waals surface area (Å²) >= 11 is 0. The van der Waals surface area contributed by atoms with Crippen LogP contribution >= 0.6 is 7.82 Å². The number of ether oxygens (including phenoxy) is 1. The third-order valence-electron chi connectivity index (χ3n) is 2.37. The van der Waals surface area contributed by atoms with Gasteiger partial charge in [-0.05, 0) is 19.4 Å². The van der Waals surface area contributed by atoms with Gasteiger partial charge in [0.15, 0.2) is 6.10 Å². The van der Waals surface area contributed by atoms with Crippen LogP contribution in [0.1, 0.15) is 13.8 Å². The van der Waals surface area contributed by atoms with E-state index < -0.39 is 26.1 Å². The number of allylic oxidation sites excluding steroid dienone is 1. The number of hydrogen-bond acceptors (Lipinski definition) is 5. The monoisotopic (exact) mass is 236 g/mol. The van der Waals surface area contributed by atoms with Crippen LogP contribution in [-0.4, -0.2) is 34.9 Å². The number of fused-ring (bicyclic) bond motifs is 1. The van der Waals surface area contributed by atoms with E-state index in [9.17, 15) is 9.67 Å². The van der Waals surface area contributed by atoms with Gasteiger partial charge in [0.2, 0.25) is 0 Å². The summed E-state index contributed by atoms with van der Waals surface area (Å²) in [6.07, 6.45) is -2.33. The van der Waals surface area contributed by atoms with Crippen LogP contribution < -0.4 is 0 Å². The molecule has 0 aromatic heterocycles. The molecule has 4 atom stereocenters. The van der Waals surface area contributed by atoms with E-state index in [2.05, 4.69) is 4.52 Å². The highest BCUT2D eigenvalue weighted by Gasteiger charge is 2.50. The van der Waals surface area contributed by atoms with Gasteiger partial charge >= 0.3 is 7.82 Å². The van der Waals surface area contributed by atoms with Crippen LogP contribution in [0.5, 0.6) is 0 Å². The van der Waals surface area contributed by atoms with Gasteiger partial charge in [0, 0.05) is 0 Å².